The van der Waals surface area contributed by atoms with Crippen LogP contribution in [0.1, 0.15) is 48.9 Å². The van der Waals surface area contributed by atoms with E-state index in [1.807, 2.05) is 4.90 Å². The molecule has 2 aromatic carbocycles. The van der Waals surface area contributed by atoms with E-state index in [0.29, 0.717) is 11.5 Å². The molecule has 1 aliphatic carbocycles. The Balaban J connectivity index is 1.57. The second-order valence-electron chi connectivity index (χ2n) is 8.01. The van der Waals surface area contributed by atoms with Gasteiger partial charge in [-0.05, 0) is 74.1 Å². The van der Waals surface area contributed by atoms with Crippen LogP contribution in [-0.2, 0) is 10.0 Å². The van der Waals surface area contributed by atoms with Gasteiger partial charge in [0.15, 0.2) is 0 Å². The zero-order valence-corrected chi connectivity index (χ0v) is 18.1. The van der Waals surface area contributed by atoms with Crippen molar-refractivity contribution in [3.63, 3.8) is 0 Å². The number of benzene rings is 2. The molecule has 1 saturated carbocycles. The molecule has 1 aliphatic heterocycles. The Morgan fingerprint density at radius 1 is 1.03 bits per heavy atom. The van der Waals surface area contributed by atoms with Crippen molar-refractivity contribution < 1.29 is 17.6 Å². The molecule has 0 radical (unpaired) electrons. The standard InChI is InChI=1S/C22H24ClFN2O3S/c23-19-12-7-16(22(27)26-13-3-6-21(26)15-4-1-2-5-15)14-20(19)25-30(28,29)18-10-8-17(24)9-11-18/h7-12,14-15,21,25H,1-6,13H2. The molecule has 1 unspecified atom stereocenters. The third-order valence-electron chi connectivity index (χ3n) is 6.09. The number of anilines is 1. The first kappa shape index (κ1) is 21.1. The summed E-state index contributed by atoms with van der Waals surface area (Å²) in [6, 6.07) is 9.40. The minimum absolute atomic E-state index is 0.0856. The predicted octanol–water partition coefficient (Wildman–Crippen LogP) is 5.07. The maximum absolute atomic E-state index is 13.2. The maximum Gasteiger partial charge on any atom is 0.261 e. The largest absolute Gasteiger partial charge is 0.335 e. The summed E-state index contributed by atoms with van der Waals surface area (Å²) in [4.78, 5) is 15.1. The van der Waals surface area contributed by atoms with Gasteiger partial charge in [-0.15, -0.1) is 0 Å². The average molecular weight is 451 g/mol. The van der Waals surface area contributed by atoms with Crippen LogP contribution in [-0.4, -0.2) is 31.8 Å². The van der Waals surface area contributed by atoms with Gasteiger partial charge in [0.25, 0.3) is 15.9 Å². The SMILES string of the molecule is O=C(c1ccc(Cl)c(NS(=O)(=O)c2ccc(F)cc2)c1)N1CCCC1C1CCCC1. The molecule has 2 aromatic rings. The van der Waals surface area contributed by atoms with Crippen molar-refractivity contribution in [3.05, 3.63) is 58.9 Å². The molecule has 30 heavy (non-hydrogen) atoms. The average Bonchev–Trinajstić information content (AvgIpc) is 3.41. The van der Waals surface area contributed by atoms with Gasteiger partial charge in [-0.1, -0.05) is 24.4 Å². The number of halogens is 2. The molecule has 0 aromatic heterocycles. The topological polar surface area (TPSA) is 66.5 Å². The second-order valence-corrected chi connectivity index (χ2v) is 10.1. The van der Waals surface area contributed by atoms with E-state index in [0.717, 1.165) is 44.4 Å². The number of nitrogens with one attached hydrogen (secondary N) is 1. The summed E-state index contributed by atoms with van der Waals surface area (Å²) in [5.41, 5.74) is 0.532. The number of nitrogens with zero attached hydrogens (tertiary/aromatic N) is 1. The number of hydrogen-bond acceptors (Lipinski definition) is 3. The van der Waals surface area contributed by atoms with Crippen molar-refractivity contribution in [1.29, 1.82) is 0 Å². The minimum Gasteiger partial charge on any atom is -0.335 e. The predicted molar refractivity (Wildman–Crippen MR) is 115 cm³/mol. The van der Waals surface area contributed by atoms with Crippen LogP contribution >= 0.6 is 11.6 Å². The summed E-state index contributed by atoms with van der Waals surface area (Å²) < 4.78 is 40.8. The van der Waals surface area contributed by atoms with E-state index in [1.54, 1.807) is 6.07 Å². The number of hydrogen-bond donors (Lipinski definition) is 1. The molecule has 1 atom stereocenters. The molecule has 0 bridgehead atoms. The third-order valence-corrected chi connectivity index (χ3v) is 7.80. The van der Waals surface area contributed by atoms with Crippen molar-refractivity contribution in [2.24, 2.45) is 5.92 Å². The quantitative estimate of drug-likeness (QED) is 0.691. The van der Waals surface area contributed by atoms with Gasteiger partial charge in [0.1, 0.15) is 5.82 Å². The van der Waals surface area contributed by atoms with Crippen molar-refractivity contribution >= 4 is 33.2 Å². The van der Waals surface area contributed by atoms with Gasteiger partial charge in [0, 0.05) is 18.2 Å². The van der Waals surface area contributed by atoms with E-state index in [2.05, 4.69) is 4.72 Å². The summed E-state index contributed by atoms with van der Waals surface area (Å²) in [6.45, 7) is 0.721. The summed E-state index contributed by atoms with van der Waals surface area (Å²) in [7, 11) is -3.96. The van der Waals surface area contributed by atoms with Crippen LogP contribution in [0.4, 0.5) is 10.1 Å². The smallest absolute Gasteiger partial charge is 0.261 e. The zero-order valence-electron chi connectivity index (χ0n) is 16.5. The van der Waals surface area contributed by atoms with E-state index < -0.39 is 15.8 Å². The molecule has 5 nitrogen and oxygen atoms in total. The Bertz CT molecular complexity index is 1040. The van der Waals surface area contributed by atoms with Crippen molar-refractivity contribution in [3.8, 4) is 0 Å². The number of carbonyl (C=O) groups is 1. The second kappa shape index (κ2) is 8.55. The van der Waals surface area contributed by atoms with Gasteiger partial charge >= 0.3 is 0 Å². The van der Waals surface area contributed by atoms with Crippen LogP contribution in [0.3, 0.4) is 0 Å². The van der Waals surface area contributed by atoms with Gasteiger partial charge in [-0.2, -0.15) is 0 Å². The Kier molecular flexibility index (Phi) is 6.02. The number of amides is 1. The molecule has 2 fully saturated rings. The molecule has 1 heterocycles. The molecule has 2 aliphatic rings. The Morgan fingerprint density at radius 2 is 1.73 bits per heavy atom. The lowest BCUT2D eigenvalue weighted by atomic mass is 9.95. The molecule has 8 heteroatoms. The number of carbonyl (C=O) groups excluding carboxylic acids is 1. The molecule has 1 N–H and O–H groups in total. The maximum atomic E-state index is 13.2. The highest BCUT2D eigenvalue weighted by molar-refractivity contribution is 7.92. The van der Waals surface area contributed by atoms with Crippen LogP contribution in [0.15, 0.2) is 47.4 Å². The van der Waals surface area contributed by atoms with Crippen molar-refractivity contribution in [1.82, 2.24) is 4.90 Å². The highest BCUT2D eigenvalue weighted by Gasteiger charge is 2.36. The van der Waals surface area contributed by atoms with Crippen LogP contribution in [0.25, 0.3) is 0 Å². The molecule has 1 amide bonds. The highest BCUT2D eigenvalue weighted by Crippen LogP contribution is 2.36. The lowest BCUT2D eigenvalue weighted by Gasteiger charge is -2.29. The number of sulfonamides is 1. The van der Waals surface area contributed by atoms with E-state index >= 15 is 0 Å². The zero-order chi connectivity index (χ0) is 21.3. The van der Waals surface area contributed by atoms with Crippen molar-refractivity contribution in [2.75, 3.05) is 11.3 Å². The van der Waals surface area contributed by atoms with E-state index in [1.165, 1.54) is 37.1 Å². The lowest BCUT2D eigenvalue weighted by molar-refractivity contribution is 0.0689. The number of likely N-dealkylation sites (tertiary alicyclic amines) is 1. The van der Waals surface area contributed by atoms with Gasteiger partial charge in [0.05, 0.1) is 15.6 Å². The Morgan fingerprint density at radius 3 is 2.43 bits per heavy atom. The van der Waals surface area contributed by atoms with Gasteiger partial charge in [0.2, 0.25) is 0 Å². The van der Waals surface area contributed by atoms with Crippen LogP contribution in [0.2, 0.25) is 5.02 Å². The molecule has 160 valence electrons. The van der Waals surface area contributed by atoms with Crippen molar-refractivity contribution in [2.45, 2.75) is 49.5 Å². The first-order chi connectivity index (χ1) is 14.3. The normalized spacial score (nSPS) is 19.9. The Hall–Kier alpha value is -2.12. The molecule has 1 saturated heterocycles. The molecular formula is C22H24ClFN2O3S. The fraction of sp³-hybridized carbons (Fsp3) is 0.409. The highest BCUT2D eigenvalue weighted by atomic mass is 35.5. The third kappa shape index (κ3) is 4.32. The van der Waals surface area contributed by atoms with E-state index in [9.17, 15) is 17.6 Å². The summed E-state index contributed by atoms with van der Waals surface area (Å²) in [6.07, 6.45) is 6.78. The first-order valence-electron chi connectivity index (χ1n) is 10.2. The van der Waals surface area contributed by atoms with Crippen LogP contribution in [0.5, 0.6) is 0 Å². The number of rotatable bonds is 5. The lowest BCUT2D eigenvalue weighted by Crippen LogP contribution is -2.39. The Labute approximate surface area is 181 Å². The fourth-order valence-electron chi connectivity index (χ4n) is 4.60. The summed E-state index contributed by atoms with van der Waals surface area (Å²) >= 11 is 6.20. The monoisotopic (exact) mass is 450 g/mol. The molecule has 4 rings (SSSR count). The van der Waals surface area contributed by atoms with Gasteiger partial charge in [-0.3, -0.25) is 9.52 Å². The van der Waals surface area contributed by atoms with Gasteiger partial charge < -0.3 is 4.90 Å². The molecular weight excluding hydrogens is 427 g/mol. The van der Waals surface area contributed by atoms with Crippen LogP contribution in [0, 0.1) is 11.7 Å². The van der Waals surface area contributed by atoms with Crippen LogP contribution < -0.4 is 4.72 Å². The fourth-order valence-corrected chi connectivity index (χ4v) is 5.89. The minimum atomic E-state index is -3.96. The molecule has 0 spiro atoms. The van der Waals surface area contributed by atoms with E-state index in [-0.39, 0.29) is 27.6 Å². The summed E-state index contributed by atoms with van der Waals surface area (Å²) in [5.74, 6) is -0.0643. The summed E-state index contributed by atoms with van der Waals surface area (Å²) in [5, 5.41) is 0.186. The first-order valence-corrected chi connectivity index (χ1v) is 12.1. The van der Waals surface area contributed by atoms with E-state index in [4.69, 9.17) is 11.6 Å². The van der Waals surface area contributed by atoms with Gasteiger partial charge in [-0.25, -0.2) is 12.8 Å².